The molecule has 1 saturated heterocycles. The maximum absolute atomic E-state index is 13.1. The van der Waals surface area contributed by atoms with Crippen LogP contribution < -0.4 is 4.74 Å². The molecule has 12 heteroatoms. The number of hydrogen-bond acceptors (Lipinski definition) is 9. The van der Waals surface area contributed by atoms with E-state index in [0.29, 0.717) is 30.8 Å². The van der Waals surface area contributed by atoms with Gasteiger partial charge in [-0.15, -0.1) is 0 Å². The molecule has 2 aliphatic carbocycles. The molecule has 2 bridgehead atoms. The summed E-state index contributed by atoms with van der Waals surface area (Å²) in [5.74, 6) is -0.382. The number of aliphatic hydroxyl groups is 1. The SMILES string of the molecule is CCCCCCCC/C=C\CCCCCCCC(=O)O[C@@H](C)C(=O)OC1=CC[C@@]2(O)[C@H]3Cc4ccc(O)c5c4[C@@]2(CCN3C)[C@H]1O5.O=CC(F)(F)F. The molecule has 0 aromatic heterocycles. The summed E-state index contributed by atoms with van der Waals surface area (Å²) < 4.78 is 48.9. The van der Waals surface area contributed by atoms with Crippen molar-refractivity contribution in [2.75, 3.05) is 13.6 Å². The van der Waals surface area contributed by atoms with E-state index in [2.05, 4.69) is 24.0 Å². The lowest BCUT2D eigenvalue weighted by Gasteiger charge is -2.61. The van der Waals surface area contributed by atoms with E-state index in [1.807, 2.05) is 13.1 Å². The number of likely N-dealkylation sites (tertiary alicyclic amines) is 1. The zero-order valence-corrected chi connectivity index (χ0v) is 30.8. The molecule has 0 unspecified atom stereocenters. The van der Waals surface area contributed by atoms with E-state index in [1.165, 1.54) is 58.3 Å². The molecule has 1 aromatic carbocycles. The molecule has 2 N–H and O–H groups in total. The first kappa shape index (κ1) is 41.4. The van der Waals surface area contributed by atoms with Crippen LogP contribution in [0.2, 0.25) is 0 Å². The Morgan fingerprint density at radius 1 is 1.04 bits per heavy atom. The first-order valence-corrected chi connectivity index (χ1v) is 19.0. The molecule has 5 atom stereocenters. The van der Waals surface area contributed by atoms with Gasteiger partial charge in [0.15, 0.2) is 23.7 Å². The summed E-state index contributed by atoms with van der Waals surface area (Å²) in [6.45, 7) is 4.52. The minimum absolute atomic E-state index is 0.0193. The van der Waals surface area contributed by atoms with Crippen LogP contribution in [0.5, 0.6) is 11.5 Å². The number of benzene rings is 1. The molecule has 0 radical (unpaired) electrons. The number of piperidine rings is 1. The number of rotatable bonds is 18. The molecule has 2 heterocycles. The number of nitrogens with zero attached hydrogens (tertiary/aromatic N) is 1. The van der Waals surface area contributed by atoms with Crippen molar-refractivity contribution in [3.63, 3.8) is 0 Å². The normalized spacial score (nSPS) is 24.9. The van der Waals surface area contributed by atoms with E-state index < -0.39 is 47.6 Å². The third kappa shape index (κ3) is 9.58. The molecule has 1 aromatic rings. The van der Waals surface area contributed by atoms with Gasteiger partial charge in [-0.25, -0.2) is 4.79 Å². The van der Waals surface area contributed by atoms with Crippen molar-refractivity contribution in [2.45, 2.75) is 158 Å². The van der Waals surface area contributed by atoms with E-state index in [1.54, 1.807) is 12.1 Å². The first-order chi connectivity index (χ1) is 24.8. The Morgan fingerprint density at radius 3 is 2.29 bits per heavy atom. The molecule has 0 amide bonds. The number of ether oxygens (including phenoxy) is 3. The van der Waals surface area contributed by atoms with Gasteiger partial charge < -0.3 is 29.3 Å². The Labute approximate surface area is 305 Å². The van der Waals surface area contributed by atoms with Gasteiger partial charge in [-0.05, 0) is 83.2 Å². The van der Waals surface area contributed by atoms with E-state index >= 15 is 0 Å². The number of hydrogen-bond donors (Lipinski definition) is 2. The van der Waals surface area contributed by atoms with Gasteiger partial charge in [0.05, 0.1) is 11.0 Å². The molecule has 1 spiro atoms. The fraction of sp³-hybridized carbons (Fsp3) is 0.675. The summed E-state index contributed by atoms with van der Waals surface area (Å²) in [5, 5.41) is 22.9. The minimum Gasteiger partial charge on any atom is -0.504 e. The third-order valence-corrected chi connectivity index (χ3v) is 11.0. The van der Waals surface area contributed by atoms with Gasteiger partial charge in [-0.1, -0.05) is 76.5 Å². The van der Waals surface area contributed by atoms with E-state index in [4.69, 9.17) is 19.0 Å². The first-order valence-electron chi connectivity index (χ1n) is 19.0. The number of carbonyl (C=O) groups excluding carboxylic acids is 3. The highest BCUT2D eigenvalue weighted by atomic mass is 19.4. The molecular formula is C40H56F3NO8. The van der Waals surface area contributed by atoms with Crippen LogP contribution in [0.25, 0.3) is 0 Å². The molecule has 5 rings (SSSR count). The van der Waals surface area contributed by atoms with Crippen molar-refractivity contribution >= 4 is 18.2 Å². The van der Waals surface area contributed by atoms with Crippen LogP contribution in [0, 0.1) is 0 Å². The minimum atomic E-state index is -4.64. The molecule has 9 nitrogen and oxygen atoms in total. The van der Waals surface area contributed by atoms with Crippen molar-refractivity contribution in [1.82, 2.24) is 4.90 Å². The highest BCUT2D eigenvalue weighted by Gasteiger charge is 2.72. The van der Waals surface area contributed by atoms with E-state index in [-0.39, 0.29) is 18.2 Å². The number of phenols is 1. The molecule has 52 heavy (non-hydrogen) atoms. The Bertz CT molecular complexity index is 1440. The lowest BCUT2D eigenvalue weighted by Crippen LogP contribution is -2.74. The Kier molecular flexibility index (Phi) is 14.8. The van der Waals surface area contributed by atoms with Crippen molar-refractivity contribution in [3.8, 4) is 11.5 Å². The van der Waals surface area contributed by atoms with Gasteiger partial charge in [0.25, 0.3) is 0 Å². The van der Waals surface area contributed by atoms with Crippen molar-refractivity contribution in [2.24, 2.45) is 0 Å². The van der Waals surface area contributed by atoms with Crippen molar-refractivity contribution < 1.29 is 52.0 Å². The number of carbonyl (C=O) groups is 3. The zero-order chi connectivity index (χ0) is 37.9. The number of esters is 2. The van der Waals surface area contributed by atoms with Crippen LogP contribution in [0.1, 0.15) is 128 Å². The lowest BCUT2D eigenvalue weighted by atomic mass is 9.50. The number of unbranched alkanes of at least 4 members (excludes halogenated alkanes) is 11. The van der Waals surface area contributed by atoms with Gasteiger partial charge in [0.1, 0.15) is 5.76 Å². The summed E-state index contributed by atoms with van der Waals surface area (Å²) in [6, 6.07) is 3.42. The second-order valence-electron chi connectivity index (χ2n) is 14.6. The van der Waals surface area contributed by atoms with Crippen LogP contribution in [0.15, 0.2) is 36.1 Å². The highest BCUT2D eigenvalue weighted by molar-refractivity contribution is 5.80. The van der Waals surface area contributed by atoms with Crippen LogP contribution >= 0.6 is 0 Å². The second kappa shape index (κ2) is 18.6. The maximum Gasteiger partial charge on any atom is 0.446 e. The number of alkyl halides is 3. The predicted molar refractivity (Wildman–Crippen MR) is 190 cm³/mol. The molecule has 4 aliphatic rings. The Morgan fingerprint density at radius 2 is 1.65 bits per heavy atom. The second-order valence-corrected chi connectivity index (χ2v) is 14.6. The number of phenolic OH excluding ortho intramolecular Hbond substituents is 1. The Balaban J connectivity index is 0.000000929. The van der Waals surface area contributed by atoms with Crippen molar-refractivity contribution in [3.05, 3.63) is 47.2 Å². The number of halogens is 3. The van der Waals surface area contributed by atoms with Crippen molar-refractivity contribution in [1.29, 1.82) is 0 Å². The summed E-state index contributed by atoms with van der Waals surface area (Å²) in [7, 11) is 2.03. The average Bonchev–Trinajstić information content (AvgIpc) is 3.47. The molecular weight excluding hydrogens is 679 g/mol. The summed E-state index contributed by atoms with van der Waals surface area (Å²) in [6.07, 6.45) is 16.1. The largest absolute Gasteiger partial charge is 0.504 e. The molecule has 290 valence electrons. The molecule has 0 saturated carbocycles. The van der Waals surface area contributed by atoms with Gasteiger partial charge in [-0.2, -0.15) is 13.2 Å². The van der Waals surface area contributed by atoms with Gasteiger partial charge >= 0.3 is 18.1 Å². The van der Waals surface area contributed by atoms with Gasteiger partial charge in [0, 0.05) is 24.4 Å². The monoisotopic (exact) mass is 735 g/mol. The Hall–Kier alpha value is -3.38. The quantitative estimate of drug-likeness (QED) is 0.0670. The number of allylic oxidation sites excluding steroid dienone is 2. The topological polar surface area (TPSA) is 123 Å². The van der Waals surface area contributed by atoms with Gasteiger partial charge in [-0.3, -0.25) is 9.59 Å². The molecule has 2 aliphatic heterocycles. The van der Waals surface area contributed by atoms with E-state index in [9.17, 15) is 33.0 Å². The number of aldehydes is 1. The lowest BCUT2D eigenvalue weighted by molar-refractivity contribution is -0.175. The van der Waals surface area contributed by atoms with Crippen LogP contribution in [-0.4, -0.2) is 77.0 Å². The summed E-state index contributed by atoms with van der Waals surface area (Å²) >= 11 is 0. The fourth-order valence-electron chi connectivity index (χ4n) is 8.28. The van der Waals surface area contributed by atoms with Crippen LogP contribution in [-0.2, 0) is 35.7 Å². The fourth-order valence-corrected chi connectivity index (χ4v) is 8.28. The zero-order valence-electron chi connectivity index (χ0n) is 30.8. The highest BCUT2D eigenvalue weighted by Crippen LogP contribution is 2.65. The molecule has 1 fully saturated rings. The van der Waals surface area contributed by atoms with Crippen LogP contribution in [0.3, 0.4) is 0 Å². The maximum atomic E-state index is 13.1. The smallest absolute Gasteiger partial charge is 0.446 e. The van der Waals surface area contributed by atoms with E-state index in [0.717, 1.165) is 49.8 Å². The van der Waals surface area contributed by atoms with Crippen LogP contribution in [0.4, 0.5) is 13.2 Å². The third-order valence-electron chi connectivity index (χ3n) is 11.0. The number of likely N-dealkylation sites (N-methyl/N-ethyl adjacent to an activating group) is 1. The predicted octanol–water partition coefficient (Wildman–Crippen LogP) is 7.93. The summed E-state index contributed by atoms with van der Waals surface area (Å²) in [5.41, 5.74) is -0.0818. The van der Waals surface area contributed by atoms with Gasteiger partial charge in [0.2, 0.25) is 6.29 Å². The summed E-state index contributed by atoms with van der Waals surface area (Å²) in [4.78, 5) is 36.5. The average molecular weight is 736 g/mol. The number of aromatic hydroxyl groups is 1. The standard InChI is InChI=1S/C38H55NO7.C2HF3O/c1-4-5-6-7-8-9-10-11-12-13-14-15-16-17-18-19-32(41)44-27(2)36(42)45-30-22-23-38(43)31-26-28-20-21-29(40)34-33(28)37(38,35(30)46-34)24-25-39(31)3;3-2(4,5)1-6/h11-12,20-22,27,31,35,40,43H,4-10,13-19,23-26H2,1-3H3;1H/b12-11-;/t27-,31+,35-,37-,38+;/m0./s1.